The molecule has 0 radical (unpaired) electrons. The second kappa shape index (κ2) is 5.79. The largest absolute Gasteiger partial charge is 0.372 e. The molecule has 1 heterocycles. The zero-order valence-electron chi connectivity index (χ0n) is 8.87. The van der Waals surface area contributed by atoms with Crippen molar-refractivity contribution in [2.24, 2.45) is 0 Å². The Balaban J connectivity index is 2.40. The Labute approximate surface area is 88.5 Å². The third kappa shape index (κ3) is 3.80. The molecule has 0 aliphatic rings. The van der Waals surface area contributed by atoms with E-state index in [-0.39, 0.29) is 5.91 Å². The third-order valence-electron chi connectivity index (χ3n) is 1.83. The average molecular weight is 209 g/mol. The molecule has 0 spiro atoms. The Kier molecular flexibility index (Phi) is 4.33. The highest BCUT2D eigenvalue weighted by atomic mass is 16.1. The summed E-state index contributed by atoms with van der Waals surface area (Å²) < 4.78 is 0. The average Bonchev–Trinajstić information content (AvgIpc) is 2.29. The molecule has 0 aromatic carbocycles. The van der Waals surface area contributed by atoms with E-state index in [2.05, 4.69) is 25.9 Å². The Hall–Kier alpha value is -1.85. The first-order chi connectivity index (χ1) is 7.26. The van der Waals surface area contributed by atoms with Gasteiger partial charge in [-0.3, -0.25) is 9.78 Å². The van der Waals surface area contributed by atoms with Crippen molar-refractivity contribution in [3.63, 3.8) is 0 Å². The molecule has 15 heavy (non-hydrogen) atoms. The molecule has 0 aliphatic carbocycles. The van der Waals surface area contributed by atoms with E-state index in [1.54, 1.807) is 26.5 Å². The van der Waals surface area contributed by atoms with Gasteiger partial charge in [0.2, 0.25) is 5.91 Å². The molecule has 0 fully saturated rings. The summed E-state index contributed by atoms with van der Waals surface area (Å²) in [6, 6.07) is 0. The standard InChI is InChI=1S/C9H15N5O/c1-10-7-5-12-6-8(14-7)13-4-3-9(15)11-2/h5-6H,3-4H2,1-2H3,(H,11,15)(H2,10,13,14). The number of aromatic nitrogens is 2. The van der Waals surface area contributed by atoms with Crippen molar-refractivity contribution in [3.05, 3.63) is 12.4 Å². The number of carbonyl (C=O) groups excluding carboxylic acids is 1. The lowest BCUT2D eigenvalue weighted by Crippen LogP contribution is -2.21. The molecule has 0 saturated heterocycles. The van der Waals surface area contributed by atoms with Crippen LogP contribution in [-0.4, -0.2) is 36.5 Å². The van der Waals surface area contributed by atoms with E-state index in [0.29, 0.717) is 24.6 Å². The highest BCUT2D eigenvalue weighted by Gasteiger charge is 1.99. The van der Waals surface area contributed by atoms with Gasteiger partial charge in [-0.15, -0.1) is 0 Å². The summed E-state index contributed by atoms with van der Waals surface area (Å²) >= 11 is 0. The Morgan fingerprint density at radius 1 is 1.33 bits per heavy atom. The fraction of sp³-hybridized carbons (Fsp3) is 0.444. The van der Waals surface area contributed by atoms with Crippen molar-refractivity contribution in [1.29, 1.82) is 0 Å². The molecular weight excluding hydrogens is 194 g/mol. The highest BCUT2D eigenvalue weighted by Crippen LogP contribution is 2.05. The van der Waals surface area contributed by atoms with Crippen LogP contribution in [-0.2, 0) is 4.79 Å². The fourth-order valence-corrected chi connectivity index (χ4v) is 1.00. The van der Waals surface area contributed by atoms with Crippen LogP contribution in [0.2, 0.25) is 0 Å². The van der Waals surface area contributed by atoms with Crippen molar-refractivity contribution in [3.8, 4) is 0 Å². The summed E-state index contributed by atoms with van der Waals surface area (Å²) in [5.41, 5.74) is 0. The Bertz CT molecular complexity index is 328. The summed E-state index contributed by atoms with van der Waals surface area (Å²) in [4.78, 5) is 19.1. The summed E-state index contributed by atoms with van der Waals surface area (Å²) in [5.74, 6) is 1.35. The van der Waals surface area contributed by atoms with Gasteiger partial charge in [-0.05, 0) is 0 Å². The first kappa shape index (κ1) is 11.2. The number of hydrogen-bond acceptors (Lipinski definition) is 5. The molecule has 0 bridgehead atoms. The predicted octanol–water partition coefficient (Wildman–Crippen LogP) is 0.0663. The molecule has 82 valence electrons. The van der Waals surface area contributed by atoms with Gasteiger partial charge >= 0.3 is 0 Å². The maximum absolute atomic E-state index is 10.9. The lowest BCUT2D eigenvalue weighted by Gasteiger charge is -2.05. The van der Waals surface area contributed by atoms with Crippen LogP contribution in [0.3, 0.4) is 0 Å². The monoisotopic (exact) mass is 209 g/mol. The lowest BCUT2D eigenvalue weighted by atomic mass is 10.4. The minimum Gasteiger partial charge on any atom is -0.372 e. The van der Waals surface area contributed by atoms with Gasteiger partial charge in [-0.25, -0.2) is 4.98 Å². The molecule has 1 aromatic rings. The molecule has 3 N–H and O–H groups in total. The van der Waals surface area contributed by atoms with E-state index in [1.165, 1.54) is 0 Å². The molecule has 1 amide bonds. The number of amides is 1. The number of anilines is 2. The summed E-state index contributed by atoms with van der Waals surface area (Å²) in [7, 11) is 3.39. The maximum Gasteiger partial charge on any atom is 0.221 e. The van der Waals surface area contributed by atoms with Crippen molar-refractivity contribution in [2.75, 3.05) is 31.3 Å². The van der Waals surface area contributed by atoms with Crippen LogP contribution in [0.1, 0.15) is 6.42 Å². The normalized spacial score (nSPS) is 9.47. The van der Waals surface area contributed by atoms with Crippen molar-refractivity contribution < 1.29 is 4.79 Å². The predicted molar refractivity (Wildman–Crippen MR) is 58.8 cm³/mol. The van der Waals surface area contributed by atoms with E-state index < -0.39 is 0 Å². The Morgan fingerprint density at radius 3 is 2.73 bits per heavy atom. The van der Waals surface area contributed by atoms with Gasteiger partial charge in [0.15, 0.2) is 0 Å². The van der Waals surface area contributed by atoms with E-state index in [1.807, 2.05) is 0 Å². The van der Waals surface area contributed by atoms with Crippen LogP contribution < -0.4 is 16.0 Å². The van der Waals surface area contributed by atoms with Crippen LogP contribution in [0.4, 0.5) is 11.6 Å². The number of carbonyl (C=O) groups is 1. The van der Waals surface area contributed by atoms with Gasteiger partial charge in [-0.2, -0.15) is 0 Å². The van der Waals surface area contributed by atoms with E-state index in [4.69, 9.17) is 0 Å². The van der Waals surface area contributed by atoms with E-state index in [0.717, 1.165) is 0 Å². The number of hydrogen-bond donors (Lipinski definition) is 3. The van der Waals surface area contributed by atoms with E-state index >= 15 is 0 Å². The van der Waals surface area contributed by atoms with Gasteiger partial charge in [0, 0.05) is 27.1 Å². The van der Waals surface area contributed by atoms with Gasteiger partial charge in [-0.1, -0.05) is 0 Å². The van der Waals surface area contributed by atoms with Crippen molar-refractivity contribution in [1.82, 2.24) is 15.3 Å². The molecule has 0 saturated carbocycles. The van der Waals surface area contributed by atoms with Gasteiger partial charge < -0.3 is 16.0 Å². The zero-order valence-corrected chi connectivity index (χ0v) is 8.87. The van der Waals surface area contributed by atoms with Crippen molar-refractivity contribution in [2.45, 2.75) is 6.42 Å². The third-order valence-corrected chi connectivity index (χ3v) is 1.83. The van der Waals surface area contributed by atoms with Gasteiger partial charge in [0.05, 0.1) is 12.4 Å². The molecule has 0 unspecified atom stereocenters. The van der Waals surface area contributed by atoms with Crippen LogP contribution in [0, 0.1) is 0 Å². The fourth-order valence-electron chi connectivity index (χ4n) is 1.00. The smallest absolute Gasteiger partial charge is 0.221 e. The second-order valence-electron chi connectivity index (χ2n) is 2.89. The highest BCUT2D eigenvalue weighted by molar-refractivity contribution is 5.76. The first-order valence-corrected chi connectivity index (χ1v) is 4.70. The number of nitrogens with one attached hydrogen (secondary N) is 3. The zero-order chi connectivity index (χ0) is 11.1. The van der Waals surface area contributed by atoms with Crippen LogP contribution in [0.5, 0.6) is 0 Å². The lowest BCUT2D eigenvalue weighted by molar-refractivity contribution is -0.120. The SMILES string of the molecule is CNC(=O)CCNc1cncc(NC)n1. The minimum atomic E-state index is 0.000213. The molecule has 1 rings (SSSR count). The second-order valence-corrected chi connectivity index (χ2v) is 2.89. The summed E-state index contributed by atoms with van der Waals surface area (Å²) in [5, 5.41) is 8.44. The van der Waals surface area contributed by atoms with Crippen LogP contribution >= 0.6 is 0 Å². The molecular formula is C9H15N5O. The van der Waals surface area contributed by atoms with Gasteiger partial charge in [0.25, 0.3) is 0 Å². The first-order valence-electron chi connectivity index (χ1n) is 4.70. The van der Waals surface area contributed by atoms with Crippen LogP contribution in [0.25, 0.3) is 0 Å². The summed E-state index contributed by atoms with van der Waals surface area (Å²) in [6.45, 7) is 0.543. The molecule has 0 atom stereocenters. The topological polar surface area (TPSA) is 78.9 Å². The van der Waals surface area contributed by atoms with E-state index in [9.17, 15) is 4.79 Å². The molecule has 1 aromatic heterocycles. The van der Waals surface area contributed by atoms with Crippen molar-refractivity contribution >= 4 is 17.5 Å². The number of nitrogens with zero attached hydrogens (tertiary/aromatic N) is 2. The Morgan fingerprint density at radius 2 is 2.07 bits per heavy atom. The maximum atomic E-state index is 10.9. The number of rotatable bonds is 5. The molecule has 6 heteroatoms. The minimum absolute atomic E-state index is 0.000213. The summed E-state index contributed by atoms with van der Waals surface area (Å²) in [6.07, 6.45) is 3.66. The molecule has 0 aliphatic heterocycles. The molecule has 6 nitrogen and oxygen atoms in total. The van der Waals surface area contributed by atoms with Crippen LogP contribution in [0.15, 0.2) is 12.4 Å². The van der Waals surface area contributed by atoms with Gasteiger partial charge in [0.1, 0.15) is 11.6 Å². The quantitative estimate of drug-likeness (QED) is 0.639.